The van der Waals surface area contributed by atoms with Gasteiger partial charge in [-0.05, 0) is 25.0 Å². The average Bonchev–Trinajstić information content (AvgIpc) is 2.18. The van der Waals surface area contributed by atoms with E-state index in [0.29, 0.717) is 0 Å². The summed E-state index contributed by atoms with van der Waals surface area (Å²) < 4.78 is 0. The second-order valence-electron chi connectivity index (χ2n) is 2.80. The minimum atomic E-state index is 1.08. The Bertz CT molecular complexity index is 333. The number of thioether (sulfide) groups is 1. The smallest absolute Gasteiger partial charge is 0.0278 e. The standard InChI is InChI=1S/C12H14S/c1-4-10(3)13-12-9-7-6-8-11(12)5-2/h6-9H,1,5H2,2-3H3. The quantitative estimate of drug-likeness (QED) is 0.512. The highest BCUT2D eigenvalue weighted by Gasteiger charge is 2.00. The zero-order valence-electron chi connectivity index (χ0n) is 8.13. The lowest BCUT2D eigenvalue weighted by molar-refractivity contribution is 1.08. The Hall–Kier alpha value is -0.910. The summed E-state index contributed by atoms with van der Waals surface area (Å²) in [5, 5.41) is 0. The summed E-state index contributed by atoms with van der Waals surface area (Å²) >= 11 is 1.74. The third-order valence-corrected chi connectivity index (χ3v) is 2.93. The third kappa shape index (κ3) is 2.80. The van der Waals surface area contributed by atoms with E-state index in [1.165, 1.54) is 10.5 Å². The van der Waals surface area contributed by atoms with E-state index in [-0.39, 0.29) is 0 Å². The van der Waals surface area contributed by atoms with Crippen molar-refractivity contribution in [2.45, 2.75) is 25.2 Å². The molecule has 0 spiro atoms. The zero-order valence-corrected chi connectivity index (χ0v) is 8.95. The normalized spacial score (nSPS) is 9.38. The molecule has 1 rings (SSSR count). The predicted octanol–water partition coefficient (Wildman–Crippen LogP) is 4.03. The van der Waals surface area contributed by atoms with Gasteiger partial charge in [0, 0.05) is 9.80 Å². The Kier molecular flexibility index (Phi) is 3.88. The fourth-order valence-electron chi connectivity index (χ4n) is 1.10. The van der Waals surface area contributed by atoms with Gasteiger partial charge in [0.25, 0.3) is 0 Å². The van der Waals surface area contributed by atoms with E-state index in [4.69, 9.17) is 0 Å². The number of allylic oxidation sites excluding steroid dienone is 1. The first-order valence-electron chi connectivity index (χ1n) is 4.40. The van der Waals surface area contributed by atoms with Crippen LogP contribution in [0.4, 0.5) is 0 Å². The molecule has 1 heteroatoms. The number of benzene rings is 1. The average molecular weight is 190 g/mol. The Morgan fingerprint density at radius 1 is 1.46 bits per heavy atom. The maximum absolute atomic E-state index is 3.63. The number of aryl methyl sites for hydroxylation is 1. The topological polar surface area (TPSA) is 0 Å². The first-order chi connectivity index (χ1) is 6.27. The van der Waals surface area contributed by atoms with Crippen molar-refractivity contribution in [2.75, 3.05) is 0 Å². The second-order valence-corrected chi connectivity index (χ2v) is 4.05. The van der Waals surface area contributed by atoms with E-state index in [1.807, 2.05) is 6.92 Å². The van der Waals surface area contributed by atoms with Crippen LogP contribution in [0.25, 0.3) is 0 Å². The van der Waals surface area contributed by atoms with Crippen molar-refractivity contribution in [3.8, 4) is 0 Å². The molecular weight excluding hydrogens is 176 g/mol. The van der Waals surface area contributed by atoms with Crippen LogP contribution < -0.4 is 0 Å². The molecule has 0 saturated heterocycles. The lowest BCUT2D eigenvalue weighted by atomic mass is 10.2. The summed E-state index contributed by atoms with van der Waals surface area (Å²) in [7, 11) is 0. The fraction of sp³-hybridized carbons (Fsp3) is 0.250. The molecule has 0 radical (unpaired) electrons. The van der Waals surface area contributed by atoms with E-state index >= 15 is 0 Å². The third-order valence-electron chi connectivity index (χ3n) is 1.87. The molecule has 0 unspecified atom stereocenters. The molecule has 0 aliphatic rings. The minimum Gasteiger partial charge on any atom is -0.118 e. The summed E-state index contributed by atoms with van der Waals surface area (Å²) in [6.45, 7) is 7.83. The first kappa shape index (κ1) is 10.2. The van der Waals surface area contributed by atoms with Gasteiger partial charge < -0.3 is 0 Å². The summed E-state index contributed by atoms with van der Waals surface area (Å²) in [4.78, 5) is 2.44. The molecular formula is C12H14S. The molecule has 0 aliphatic carbocycles. The molecule has 0 aliphatic heterocycles. The highest BCUT2D eigenvalue weighted by Crippen LogP contribution is 2.28. The van der Waals surface area contributed by atoms with E-state index in [9.17, 15) is 0 Å². The number of hydrogen-bond donors (Lipinski definition) is 0. The van der Waals surface area contributed by atoms with Crippen LogP contribution in [-0.2, 0) is 6.42 Å². The molecule has 0 amide bonds. The van der Waals surface area contributed by atoms with Gasteiger partial charge in [0.15, 0.2) is 0 Å². The number of rotatable bonds is 3. The molecule has 0 bridgehead atoms. The summed E-state index contributed by atoms with van der Waals surface area (Å²) in [6.07, 6.45) is 1.08. The van der Waals surface area contributed by atoms with E-state index in [2.05, 4.69) is 43.5 Å². The van der Waals surface area contributed by atoms with E-state index in [1.54, 1.807) is 11.8 Å². The molecule has 0 N–H and O–H groups in total. The van der Waals surface area contributed by atoms with Crippen molar-refractivity contribution >= 4 is 11.8 Å². The van der Waals surface area contributed by atoms with Gasteiger partial charge in [-0.2, -0.15) is 0 Å². The first-order valence-corrected chi connectivity index (χ1v) is 5.22. The van der Waals surface area contributed by atoms with Crippen molar-refractivity contribution in [3.05, 3.63) is 47.0 Å². The van der Waals surface area contributed by atoms with Crippen molar-refractivity contribution in [2.24, 2.45) is 0 Å². The van der Waals surface area contributed by atoms with Crippen LogP contribution in [0.2, 0.25) is 0 Å². The Balaban J connectivity index is 2.93. The van der Waals surface area contributed by atoms with Crippen molar-refractivity contribution in [1.82, 2.24) is 0 Å². The summed E-state index contributed by atoms with van der Waals surface area (Å²) in [5.74, 6) is 0. The fourth-order valence-corrected chi connectivity index (χ4v) is 1.99. The summed E-state index contributed by atoms with van der Waals surface area (Å²) in [5.41, 5.74) is 4.29. The van der Waals surface area contributed by atoms with Gasteiger partial charge in [0.05, 0.1) is 0 Å². The van der Waals surface area contributed by atoms with E-state index < -0.39 is 0 Å². The van der Waals surface area contributed by atoms with Gasteiger partial charge in [-0.25, -0.2) is 0 Å². The summed E-state index contributed by atoms with van der Waals surface area (Å²) in [6, 6.07) is 8.46. The molecule has 0 atom stereocenters. The van der Waals surface area contributed by atoms with Crippen LogP contribution >= 0.6 is 11.8 Å². The Labute approximate surface area is 84.4 Å². The van der Waals surface area contributed by atoms with Crippen molar-refractivity contribution < 1.29 is 0 Å². The molecule has 13 heavy (non-hydrogen) atoms. The van der Waals surface area contributed by atoms with E-state index in [0.717, 1.165) is 11.3 Å². The molecule has 0 nitrogen and oxygen atoms in total. The molecule has 0 saturated carbocycles. The zero-order chi connectivity index (χ0) is 9.68. The molecule has 1 aromatic carbocycles. The molecule has 0 heterocycles. The number of hydrogen-bond acceptors (Lipinski definition) is 1. The highest BCUT2D eigenvalue weighted by atomic mass is 32.2. The van der Waals surface area contributed by atoms with Crippen LogP contribution in [0, 0.1) is 0 Å². The monoisotopic (exact) mass is 190 g/mol. The SMILES string of the molecule is C=C=C(C)Sc1ccccc1CC. The van der Waals surface area contributed by atoms with Gasteiger partial charge >= 0.3 is 0 Å². The van der Waals surface area contributed by atoms with Gasteiger partial charge in [0.1, 0.15) is 0 Å². The van der Waals surface area contributed by atoms with Crippen LogP contribution in [0.15, 0.2) is 46.4 Å². The van der Waals surface area contributed by atoms with Crippen LogP contribution in [0.1, 0.15) is 19.4 Å². The van der Waals surface area contributed by atoms with Crippen LogP contribution in [0.3, 0.4) is 0 Å². The molecule has 1 aromatic rings. The molecule has 0 fully saturated rings. The Morgan fingerprint density at radius 2 is 2.15 bits per heavy atom. The lowest BCUT2D eigenvalue weighted by Crippen LogP contribution is -1.83. The lowest BCUT2D eigenvalue weighted by Gasteiger charge is -2.05. The maximum atomic E-state index is 3.63. The van der Waals surface area contributed by atoms with Crippen LogP contribution in [0.5, 0.6) is 0 Å². The highest BCUT2D eigenvalue weighted by molar-refractivity contribution is 8.03. The maximum Gasteiger partial charge on any atom is 0.0278 e. The largest absolute Gasteiger partial charge is 0.118 e. The molecule has 0 aromatic heterocycles. The van der Waals surface area contributed by atoms with Crippen LogP contribution in [-0.4, -0.2) is 0 Å². The van der Waals surface area contributed by atoms with Gasteiger partial charge in [-0.3, -0.25) is 0 Å². The predicted molar refractivity (Wildman–Crippen MR) is 60.0 cm³/mol. The van der Waals surface area contributed by atoms with Gasteiger partial charge in [0.2, 0.25) is 0 Å². The Morgan fingerprint density at radius 3 is 2.77 bits per heavy atom. The van der Waals surface area contributed by atoms with Crippen molar-refractivity contribution in [3.63, 3.8) is 0 Å². The minimum absolute atomic E-state index is 1.08. The van der Waals surface area contributed by atoms with Gasteiger partial charge in [-0.15, -0.1) is 5.73 Å². The second kappa shape index (κ2) is 4.96. The van der Waals surface area contributed by atoms with Gasteiger partial charge in [-0.1, -0.05) is 43.5 Å². The van der Waals surface area contributed by atoms with Crippen molar-refractivity contribution in [1.29, 1.82) is 0 Å². The molecule has 68 valence electrons.